The molecule has 1 rings (SSSR count). The maximum absolute atomic E-state index is 12.0. The van der Waals surface area contributed by atoms with E-state index in [2.05, 4.69) is 4.13 Å². The van der Waals surface area contributed by atoms with Crippen molar-refractivity contribution in [2.24, 2.45) is 0 Å². The van der Waals surface area contributed by atoms with Crippen LogP contribution in [-0.2, 0) is 19.7 Å². The minimum Gasteiger partial charge on any atom is -0.252 e. The summed E-state index contributed by atoms with van der Waals surface area (Å²) in [7, 11) is -6.36. The minimum atomic E-state index is -3.72. The molecule has 0 aromatic heterocycles. The van der Waals surface area contributed by atoms with Crippen molar-refractivity contribution in [3.63, 3.8) is 0 Å². The van der Waals surface area contributed by atoms with Crippen molar-refractivity contribution in [2.75, 3.05) is 5.75 Å². The molecular formula is C11H17NO3S2. The predicted molar refractivity (Wildman–Crippen MR) is 71.9 cm³/mol. The third-order valence-corrected chi connectivity index (χ3v) is 6.91. The fourth-order valence-electron chi connectivity index (χ4n) is 1.22. The molecular weight excluding hydrogens is 258 g/mol. The molecule has 0 amide bonds. The van der Waals surface area contributed by atoms with Crippen molar-refractivity contribution < 1.29 is 12.6 Å². The van der Waals surface area contributed by atoms with E-state index in [1.165, 1.54) is 17.5 Å². The number of nitrogens with one attached hydrogen (secondary N) is 1. The molecule has 1 aromatic carbocycles. The highest BCUT2D eigenvalue weighted by atomic mass is 32.3. The Hall–Kier alpha value is -0.850. The molecule has 0 radical (unpaired) electrons. The lowest BCUT2D eigenvalue weighted by atomic mass is 10.2. The van der Waals surface area contributed by atoms with Crippen LogP contribution in [-0.4, -0.2) is 23.7 Å². The van der Waals surface area contributed by atoms with Crippen molar-refractivity contribution in [3.8, 4) is 0 Å². The topological polar surface area (TPSA) is 63.2 Å². The molecule has 0 aliphatic carbocycles. The second-order valence-electron chi connectivity index (χ2n) is 3.65. The Morgan fingerprint density at radius 2 is 1.71 bits per heavy atom. The van der Waals surface area contributed by atoms with Gasteiger partial charge in [0.25, 0.3) is 10.0 Å². The van der Waals surface area contributed by atoms with Gasteiger partial charge in [0.2, 0.25) is 0 Å². The van der Waals surface area contributed by atoms with Crippen LogP contribution in [0, 0.1) is 6.92 Å². The maximum atomic E-state index is 12.0. The van der Waals surface area contributed by atoms with Crippen LogP contribution in [0.1, 0.15) is 19.4 Å². The van der Waals surface area contributed by atoms with Gasteiger partial charge in [-0.05, 0) is 31.3 Å². The minimum absolute atomic E-state index is 0.131. The van der Waals surface area contributed by atoms with E-state index in [-0.39, 0.29) is 10.6 Å². The zero-order valence-electron chi connectivity index (χ0n) is 10.1. The number of hydrogen-bond donors (Lipinski definition) is 1. The van der Waals surface area contributed by atoms with Gasteiger partial charge in [0.05, 0.1) is 4.90 Å². The molecule has 0 fully saturated rings. The van der Waals surface area contributed by atoms with Gasteiger partial charge in [-0.3, -0.25) is 4.21 Å². The number of benzene rings is 1. The number of rotatable bonds is 4. The second-order valence-corrected chi connectivity index (χ2v) is 8.30. The van der Waals surface area contributed by atoms with Crippen LogP contribution in [0.2, 0.25) is 0 Å². The molecule has 0 saturated carbocycles. The molecule has 1 aromatic rings. The van der Waals surface area contributed by atoms with Gasteiger partial charge in [0, 0.05) is 15.5 Å². The van der Waals surface area contributed by atoms with Crippen molar-refractivity contribution in [3.05, 3.63) is 29.8 Å². The Morgan fingerprint density at radius 1 is 1.18 bits per heavy atom. The molecule has 1 N–H and O–H groups in total. The van der Waals surface area contributed by atoms with E-state index >= 15 is 0 Å². The number of sulfonamides is 1. The van der Waals surface area contributed by atoms with Crippen LogP contribution >= 0.6 is 0 Å². The first-order chi connectivity index (χ1) is 7.83. The maximum Gasteiger partial charge on any atom is 0.251 e. The van der Waals surface area contributed by atoms with Crippen LogP contribution < -0.4 is 4.13 Å². The first-order valence-corrected chi connectivity index (χ1v) is 8.52. The molecule has 17 heavy (non-hydrogen) atoms. The highest BCUT2D eigenvalue weighted by Gasteiger charge is 2.18. The molecule has 0 aliphatic heterocycles. The highest BCUT2D eigenvalue weighted by Crippen LogP contribution is 2.10. The normalized spacial score (nSPS) is 15.2. The van der Waals surface area contributed by atoms with Gasteiger partial charge < -0.3 is 0 Å². The largest absolute Gasteiger partial charge is 0.252 e. The Balaban J connectivity index is 3.14. The summed E-state index contributed by atoms with van der Waals surface area (Å²) in [5.41, 5.74) is 0.974. The first kappa shape index (κ1) is 14.2. The molecule has 4 nitrogen and oxygen atoms in total. The van der Waals surface area contributed by atoms with Crippen LogP contribution in [0.15, 0.2) is 29.2 Å². The summed E-state index contributed by atoms with van der Waals surface area (Å²) in [6, 6.07) is 6.42. The summed E-state index contributed by atoms with van der Waals surface area (Å²) < 4.78 is 38.2. The van der Waals surface area contributed by atoms with Gasteiger partial charge in [0.15, 0.2) is 0 Å². The average Bonchev–Trinajstić information content (AvgIpc) is 2.29. The third kappa shape index (κ3) is 3.55. The fraction of sp³-hybridized carbons (Fsp3) is 0.364. The van der Waals surface area contributed by atoms with E-state index in [1.54, 1.807) is 26.0 Å². The van der Waals surface area contributed by atoms with Gasteiger partial charge in [-0.25, -0.2) is 8.42 Å². The molecule has 6 heteroatoms. The van der Waals surface area contributed by atoms with Crippen LogP contribution in [0.3, 0.4) is 0 Å². The summed E-state index contributed by atoms with van der Waals surface area (Å²) in [6.07, 6.45) is 0. The van der Waals surface area contributed by atoms with Crippen LogP contribution in [0.25, 0.3) is 0 Å². The molecule has 0 saturated heterocycles. The van der Waals surface area contributed by atoms with E-state index < -0.39 is 19.7 Å². The SMILES string of the molecule is CC=S(=O)(CC)NS(=O)(=O)c1ccc(C)cc1. The Kier molecular flexibility index (Phi) is 4.35. The first-order valence-electron chi connectivity index (χ1n) is 5.24. The summed E-state index contributed by atoms with van der Waals surface area (Å²) in [5, 5.41) is 1.40. The zero-order valence-corrected chi connectivity index (χ0v) is 11.8. The lowest BCUT2D eigenvalue weighted by molar-refractivity contribution is 0.592. The summed E-state index contributed by atoms with van der Waals surface area (Å²) >= 11 is 0. The van der Waals surface area contributed by atoms with E-state index in [1.807, 2.05) is 6.92 Å². The Morgan fingerprint density at radius 3 is 2.12 bits per heavy atom. The third-order valence-electron chi connectivity index (χ3n) is 2.39. The average molecular weight is 275 g/mol. The smallest absolute Gasteiger partial charge is 0.251 e. The Labute approximate surface area is 103 Å². The van der Waals surface area contributed by atoms with Gasteiger partial charge in [-0.1, -0.05) is 24.6 Å². The van der Waals surface area contributed by atoms with Crippen molar-refractivity contribution in [1.82, 2.24) is 4.13 Å². The quantitative estimate of drug-likeness (QED) is 0.843. The second kappa shape index (κ2) is 5.20. The van der Waals surface area contributed by atoms with Gasteiger partial charge in [-0.2, -0.15) is 0 Å². The zero-order chi connectivity index (χ0) is 13.1. The molecule has 0 aliphatic rings. The number of aryl methyl sites for hydroxylation is 1. The van der Waals surface area contributed by atoms with E-state index in [0.717, 1.165) is 5.56 Å². The molecule has 1 atom stereocenters. The molecule has 1 unspecified atom stereocenters. The van der Waals surface area contributed by atoms with E-state index in [9.17, 15) is 12.6 Å². The van der Waals surface area contributed by atoms with Gasteiger partial charge in [-0.15, -0.1) is 4.13 Å². The molecule has 96 valence electrons. The Bertz CT molecular complexity index is 594. The lowest BCUT2D eigenvalue weighted by Gasteiger charge is -2.11. The monoisotopic (exact) mass is 275 g/mol. The number of hydrogen-bond acceptors (Lipinski definition) is 3. The van der Waals surface area contributed by atoms with Gasteiger partial charge >= 0.3 is 0 Å². The van der Waals surface area contributed by atoms with Gasteiger partial charge in [0.1, 0.15) is 0 Å². The van der Waals surface area contributed by atoms with E-state index in [0.29, 0.717) is 0 Å². The highest BCUT2D eigenvalue weighted by molar-refractivity contribution is 8.10. The van der Waals surface area contributed by atoms with Crippen LogP contribution in [0.4, 0.5) is 0 Å². The summed E-state index contributed by atoms with van der Waals surface area (Å²) in [5.74, 6) is 0.245. The fourth-order valence-corrected chi connectivity index (χ4v) is 4.78. The molecule has 0 bridgehead atoms. The molecule has 0 heterocycles. The van der Waals surface area contributed by atoms with Crippen LogP contribution in [0.5, 0.6) is 0 Å². The lowest BCUT2D eigenvalue weighted by Crippen LogP contribution is -2.32. The summed E-state index contributed by atoms with van der Waals surface area (Å²) in [4.78, 5) is 0.131. The van der Waals surface area contributed by atoms with Crippen molar-refractivity contribution in [2.45, 2.75) is 25.7 Å². The van der Waals surface area contributed by atoms with Crippen molar-refractivity contribution >= 4 is 25.1 Å². The molecule has 0 spiro atoms. The summed E-state index contributed by atoms with van der Waals surface area (Å²) in [6.45, 7) is 5.14. The predicted octanol–water partition coefficient (Wildman–Crippen LogP) is 1.31. The van der Waals surface area contributed by atoms with E-state index in [4.69, 9.17) is 0 Å². The van der Waals surface area contributed by atoms with Crippen molar-refractivity contribution in [1.29, 1.82) is 0 Å². The standard InChI is InChI=1S/C11H17NO3S2/c1-4-16(13,5-2)12-17(14,15)11-8-6-10(3)7-9-11/h4,6-9H,5H2,1-3H3,(H,12,13).